The molecule has 0 radical (unpaired) electrons. The summed E-state index contributed by atoms with van der Waals surface area (Å²) in [7, 11) is 2.00. The van der Waals surface area contributed by atoms with Crippen molar-refractivity contribution in [1.29, 1.82) is 0 Å². The number of rotatable bonds is 4. The Labute approximate surface area is 165 Å². The third kappa shape index (κ3) is 3.30. The molecule has 0 bridgehead atoms. The smallest absolute Gasteiger partial charge is 0.257 e. The van der Waals surface area contributed by atoms with E-state index in [-0.39, 0.29) is 18.0 Å². The van der Waals surface area contributed by atoms with E-state index >= 15 is 0 Å². The van der Waals surface area contributed by atoms with E-state index in [1.54, 1.807) is 12.1 Å². The maximum absolute atomic E-state index is 12.8. The van der Waals surface area contributed by atoms with E-state index in [4.69, 9.17) is 4.74 Å². The highest BCUT2D eigenvalue weighted by Crippen LogP contribution is 2.35. The fraction of sp³-hybridized carbons (Fsp3) is 0.364. The van der Waals surface area contributed by atoms with E-state index in [1.807, 2.05) is 49.2 Å². The van der Waals surface area contributed by atoms with E-state index in [2.05, 4.69) is 10.2 Å². The van der Waals surface area contributed by atoms with E-state index in [0.29, 0.717) is 23.4 Å². The van der Waals surface area contributed by atoms with Crippen LogP contribution in [0.15, 0.2) is 42.5 Å². The molecular weight excluding hydrogens is 354 g/mol. The number of hydrogen-bond donors (Lipinski definition) is 1. The van der Waals surface area contributed by atoms with Crippen LogP contribution in [-0.2, 0) is 0 Å². The van der Waals surface area contributed by atoms with Gasteiger partial charge in [-0.1, -0.05) is 0 Å². The summed E-state index contributed by atoms with van der Waals surface area (Å²) < 4.78 is 5.42. The van der Waals surface area contributed by atoms with Crippen molar-refractivity contribution in [3.05, 3.63) is 53.6 Å². The molecular formula is C22H25N3O3. The summed E-state index contributed by atoms with van der Waals surface area (Å²) in [6.07, 6.45) is 3.21. The Kier molecular flexibility index (Phi) is 4.94. The minimum Gasteiger partial charge on any atom is -0.494 e. The Morgan fingerprint density at radius 2 is 1.96 bits per heavy atom. The van der Waals surface area contributed by atoms with Crippen molar-refractivity contribution in [3.8, 4) is 5.75 Å². The summed E-state index contributed by atoms with van der Waals surface area (Å²) in [4.78, 5) is 29.6. The zero-order valence-electron chi connectivity index (χ0n) is 16.3. The zero-order chi connectivity index (χ0) is 19.7. The van der Waals surface area contributed by atoms with Crippen LogP contribution in [0.1, 0.15) is 46.9 Å². The molecule has 0 aromatic heterocycles. The van der Waals surface area contributed by atoms with Gasteiger partial charge in [-0.2, -0.15) is 0 Å². The van der Waals surface area contributed by atoms with Crippen molar-refractivity contribution >= 4 is 23.2 Å². The molecule has 28 heavy (non-hydrogen) atoms. The molecule has 2 amide bonds. The highest BCUT2D eigenvalue weighted by molar-refractivity contribution is 6.08. The van der Waals surface area contributed by atoms with Crippen LogP contribution in [0.25, 0.3) is 0 Å². The first-order valence-electron chi connectivity index (χ1n) is 9.80. The predicted molar refractivity (Wildman–Crippen MR) is 109 cm³/mol. The summed E-state index contributed by atoms with van der Waals surface area (Å²) in [5.41, 5.74) is 2.73. The van der Waals surface area contributed by atoms with Crippen molar-refractivity contribution in [2.24, 2.45) is 0 Å². The van der Waals surface area contributed by atoms with Crippen LogP contribution >= 0.6 is 0 Å². The second-order valence-electron chi connectivity index (χ2n) is 7.23. The van der Waals surface area contributed by atoms with Gasteiger partial charge in [0.15, 0.2) is 0 Å². The lowest BCUT2D eigenvalue weighted by Gasteiger charge is -2.46. The molecule has 2 aliphatic rings. The van der Waals surface area contributed by atoms with E-state index in [9.17, 15) is 9.59 Å². The molecule has 146 valence electrons. The third-order valence-electron chi connectivity index (χ3n) is 5.47. The molecule has 0 aliphatic carbocycles. The Morgan fingerprint density at radius 1 is 1.18 bits per heavy atom. The molecule has 1 N–H and O–H groups in total. The van der Waals surface area contributed by atoms with Crippen molar-refractivity contribution < 1.29 is 14.3 Å². The number of benzene rings is 2. The summed E-state index contributed by atoms with van der Waals surface area (Å²) in [6, 6.07) is 12.6. The molecule has 0 unspecified atom stereocenters. The van der Waals surface area contributed by atoms with E-state index in [0.717, 1.165) is 37.2 Å². The first-order valence-corrected chi connectivity index (χ1v) is 9.80. The molecule has 6 nitrogen and oxygen atoms in total. The molecule has 6 heteroatoms. The molecule has 0 saturated carbocycles. The highest BCUT2D eigenvalue weighted by Gasteiger charge is 2.37. The number of ether oxygens (including phenoxy) is 1. The van der Waals surface area contributed by atoms with Gasteiger partial charge in [-0.25, -0.2) is 0 Å². The SMILES string of the molecule is CCOc1ccc(NC(=O)c2ccc3c(c2)N(C)[C@@H]2CCCCN2C3=O)cc1. The Bertz CT molecular complexity index is 894. The molecule has 2 aromatic carbocycles. The molecule has 2 aliphatic heterocycles. The first-order chi connectivity index (χ1) is 13.6. The Morgan fingerprint density at radius 3 is 2.71 bits per heavy atom. The lowest BCUT2D eigenvalue weighted by molar-refractivity contribution is 0.0589. The van der Waals surface area contributed by atoms with Crippen LogP contribution in [0.3, 0.4) is 0 Å². The zero-order valence-corrected chi connectivity index (χ0v) is 16.3. The van der Waals surface area contributed by atoms with Gasteiger partial charge in [0.25, 0.3) is 11.8 Å². The molecule has 2 aromatic rings. The van der Waals surface area contributed by atoms with E-state index < -0.39 is 0 Å². The number of anilines is 2. The molecule has 1 atom stereocenters. The van der Waals surface area contributed by atoms with Gasteiger partial charge in [-0.05, 0) is 68.7 Å². The normalized spacial score (nSPS) is 18.4. The van der Waals surface area contributed by atoms with Gasteiger partial charge in [0, 0.05) is 24.8 Å². The monoisotopic (exact) mass is 379 g/mol. The molecule has 4 rings (SSSR count). The minimum absolute atomic E-state index is 0.0660. The van der Waals surface area contributed by atoms with Crippen molar-refractivity contribution in [3.63, 3.8) is 0 Å². The average molecular weight is 379 g/mol. The molecule has 1 saturated heterocycles. The lowest BCUT2D eigenvalue weighted by atomic mass is 9.97. The minimum atomic E-state index is -0.195. The Hall–Kier alpha value is -3.02. The standard InChI is InChI=1S/C22H25N3O3/c1-3-28-17-10-8-16(9-11-17)23-21(26)15-7-12-18-19(14-15)24(2)20-6-4-5-13-25(20)22(18)27/h7-12,14,20H,3-6,13H2,1-2H3,(H,23,26)/t20-/m0/s1. The molecule has 0 spiro atoms. The third-order valence-corrected chi connectivity index (χ3v) is 5.47. The highest BCUT2D eigenvalue weighted by atomic mass is 16.5. The van der Waals surface area contributed by atoms with Gasteiger partial charge in [0.1, 0.15) is 11.9 Å². The molecule has 1 fully saturated rings. The van der Waals surface area contributed by atoms with Crippen LogP contribution in [0, 0.1) is 0 Å². The molecule has 2 heterocycles. The summed E-state index contributed by atoms with van der Waals surface area (Å²) in [5.74, 6) is 0.640. The van der Waals surface area contributed by atoms with Gasteiger partial charge in [0.2, 0.25) is 0 Å². The number of amides is 2. The van der Waals surface area contributed by atoms with Crippen LogP contribution in [0.2, 0.25) is 0 Å². The number of fused-ring (bicyclic) bond motifs is 2. The number of piperidine rings is 1. The van der Waals surface area contributed by atoms with Gasteiger partial charge in [0.05, 0.1) is 17.9 Å². The van der Waals surface area contributed by atoms with E-state index in [1.165, 1.54) is 0 Å². The van der Waals surface area contributed by atoms with Crippen molar-refractivity contribution in [1.82, 2.24) is 4.90 Å². The fourth-order valence-corrected chi connectivity index (χ4v) is 4.02. The number of nitrogens with zero attached hydrogens (tertiary/aromatic N) is 2. The fourth-order valence-electron chi connectivity index (χ4n) is 4.02. The summed E-state index contributed by atoms with van der Waals surface area (Å²) in [6.45, 7) is 3.33. The predicted octanol–water partition coefficient (Wildman–Crippen LogP) is 3.74. The van der Waals surface area contributed by atoms with Gasteiger partial charge >= 0.3 is 0 Å². The average Bonchev–Trinajstić information content (AvgIpc) is 2.73. The maximum atomic E-state index is 12.8. The van der Waals surface area contributed by atoms with Crippen molar-refractivity contribution in [2.45, 2.75) is 32.4 Å². The Balaban J connectivity index is 1.56. The maximum Gasteiger partial charge on any atom is 0.257 e. The van der Waals surface area contributed by atoms with Crippen molar-refractivity contribution in [2.75, 3.05) is 30.4 Å². The largest absolute Gasteiger partial charge is 0.494 e. The van der Waals surface area contributed by atoms with Crippen LogP contribution in [-0.4, -0.2) is 43.1 Å². The second-order valence-corrected chi connectivity index (χ2v) is 7.23. The number of carbonyl (C=O) groups is 2. The topological polar surface area (TPSA) is 61.9 Å². The van der Waals surface area contributed by atoms with Crippen LogP contribution in [0.4, 0.5) is 11.4 Å². The van der Waals surface area contributed by atoms with Crippen LogP contribution < -0.4 is 15.0 Å². The number of carbonyl (C=O) groups excluding carboxylic acids is 2. The quantitative estimate of drug-likeness (QED) is 0.879. The van der Waals surface area contributed by atoms with Crippen LogP contribution in [0.5, 0.6) is 5.75 Å². The lowest BCUT2D eigenvalue weighted by Crippen LogP contribution is -2.55. The van der Waals surface area contributed by atoms with Gasteiger partial charge in [-0.15, -0.1) is 0 Å². The second kappa shape index (κ2) is 7.54. The van der Waals surface area contributed by atoms with Gasteiger partial charge in [-0.3, -0.25) is 9.59 Å². The number of nitrogens with one attached hydrogen (secondary N) is 1. The van der Waals surface area contributed by atoms with Gasteiger partial charge < -0.3 is 19.9 Å². The summed E-state index contributed by atoms with van der Waals surface area (Å²) >= 11 is 0. The number of hydrogen-bond acceptors (Lipinski definition) is 4. The summed E-state index contributed by atoms with van der Waals surface area (Å²) in [5, 5.41) is 2.91. The first kappa shape index (κ1) is 18.3.